The van der Waals surface area contributed by atoms with Crippen molar-refractivity contribution in [2.75, 3.05) is 5.73 Å². The summed E-state index contributed by atoms with van der Waals surface area (Å²) < 4.78 is 0. The van der Waals surface area contributed by atoms with Gasteiger partial charge in [-0.05, 0) is 29.8 Å². The van der Waals surface area contributed by atoms with Crippen molar-refractivity contribution in [3.8, 4) is 11.1 Å². The number of hydrogen-bond acceptors (Lipinski definition) is 2. The molecule has 2 N–H and O–H groups in total. The predicted molar refractivity (Wildman–Crippen MR) is 89.1 cm³/mol. The lowest BCUT2D eigenvalue weighted by molar-refractivity contribution is 1.49. The van der Waals surface area contributed by atoms with Crippen molar-refractivity contribution in [1.29, 1.82) is 0 Å². The molecule has 0 radical (unpaired) electrons. The van der Waals surface area contributed by atoms with Gasteiger partial charge in [0.25, 0.3) is 0 Å². The molecule has 0 saturated heterocycles. The van der Waals surface area contributed by atoms with E-state index in [1.165, 1.54) is 21.9 Å². The van der Waals surface area contributed by atoms with Crippen molar-refractivity contribution >= 4 is 27.5 Å². The highest BCUT2D eigenvalue weighted by atomic mass is 14.7. The molecule has 0 amide bonds. The minimum Gasteiger partial charge on any atom is -0.399 e. The minimum atomic E-state index is 0.779. The highest BCUT2D eigenvalue weighted by Gasteiger charge is 2.10. The Morgan fingerprint density at radius 2 is 1.14 bits per heavy atom. The van der Waals surface area contributed by atoms with E-state index < -0.39 is 0 Å². The number of benzene rings is 3. The Labute approximate surface area is 122 Å². The summed E-state index contributed by atoms with van der Waals surface area (Å²) in [6.45, 7) is 0. The number of nitrogens with zero attached hydrogens (tertiary/aromatic N) is 1. The van der Waals surface area contributed by atoms with Crippen LogP contribution >= 0.6 is 0 Å². The van der Waals surface area contributed by atoms with E-state index in [2.05, 4.69) is 48.5 Å². The Hall–Kier alpha value is -2.87. The van der Waals surface area contributed by atoms with E-state index in [1.54, 1.807) is 0 Å². The molecule has 0 atom stereocenters. The Bertz CT molecular complexity index is 886. The smallest absolute Gasteiger partial charge is 0.0715 e. The molecule has 2 nitrogen and oxygen atoms in total. The molecule has 0 aliphatic rings. The minimum absolute atomic E-state index is 0.779. The van der Waals surface area contributed by atoms with Crippen LogP contribution in [-0.2, 0) is 0 Å². The molecule has 0 saturated carbocycles. The standard InChI is InChI=1S/C19H14N2/c20-14-11-9-13(10-12-14)19-15-5-1-3-7-17(15)21-18-8-4-2-6-16(18)19/h1-12H,20H2. The van der Waals surface area contributed by atoms with Crippen LogP contribution in [0.4, 0.5) is 5.69 Å². The van der Waals surface area contributed by atoms with E-state index in [0.29, 0.717) is 0 Å². The first-order chi connectivity index (χ1) is 10.3. The van der Waals surface area contributed by atoms with Crippen molar-refractivity contribution in [3.05, 3.63) is 72.8 Å². The molecule has 0 aliphatic heterocycles. The fraction of sp³-hybridized carbons (Fsp3) is 0. The number of hydrogen-bond donors (Lipinski definition) is 1. The van der Waals surface area contributed by atoms with Gasteiger partial charge in [0.1, 0.15) is 0 Å². The summed E-state index contributed by atoms with van der Waals surface area (Å²) in [6.07, 6.45) is 0. The Balaban J connectivity index is 2.18. The molecule has 4 aromatic rings. The normalized spacial score (nSPS) is 11.0. The van der Waals surface area contributed by atoms with Crippen molar-refractivity contribution in [3.63, 3.8) is 0 Å². The first-order valence-corrected chi connectivity index (χ1v) is 6.96. The molecule has 21 heavy (non-hydrogen) atoms. The van der Waals surface area contributed by atoms with Crippen LogP contribution in [0.3, 0.4) is 0 Å². The van der Waals surface area contributed by atoms with Gasteiger partial charge in [-0.2, -0.15) is 0 Å². The zero-order valence-corrected chi connectivity index (χ0v) is 11.5. The monoisotopic (exact) mass is 270 g/mol. The van der Waals surface area contributed by atoms with Crippen molar-refractivity contribution < 1.29 is 0 Å². The van der Waals surface area contributed by atoms with Crippen LogP contribution in [0.2, 0.25) is 0 Å². The lowest BCUT2D eigenvalue weighted by Gasteiger charge is -2.11. The maximum absolute atomic E-state index is 5.82. The SMILES string of the molecule is Nc1ccc(-c2c3ccccc3nc3ccccc23)cc1. The Kier molecular flexibility index (Phi) is 2.61. The second kappa shape index (κ2) is 4.60. The number of rotatable bonds is 1. The van der Waals surface area contributed by atoms with Gasteiger partial charge in [0.15, 0.2) is 0 Å². The van der Waals surface area contributed by atoms with Crippen LogP contribution in [-0.4, -0.2) is 4.98 Å². The molecule has 0 unspecified atom stereocenters. The molecule has 0 fully saturated rings. The highest BCUT2D eigenvalue weighted by Crippen LogP contribution is 2.34. The van der Waals surface area contributed by atoms with Gasteiger partial charge in [-0.3, -0.25) is 0 Å². The molecule has 100 valence electrons. The summed E-state index contributed by atoms with van der Waals surface area (Å²) in [5.41, 5.74) is 11.0. The summed E-state index contributed by atoms with van der Waals surface area (Å²) in [7, 11) is 0. The molecule has 0 bridgehead atoms. The molecule has 3 aromatic carbocycles. The number of anilines is 1. The van der Waals surface area contributed by atoms with Crippen LogP contribution in [0.1, 0.15) is 0 Å². The molecular formula is C19H14N2. The molecule has 1 heterocycles. The lowest BCUT2D eigenvalue weighted by Crippen LogP contribution is -1.89. The van der Waals surface area contributed by atoms with Crippen molar-refractivity contribution in [2.45, 2.75) is 0 Å². The number of aromatic nitrogens is 1. The maximum atomic E-state index is 5.82. The predicted octanol–water partition coefficient (Wildman–Crippen LogP) is 4.64. The van der Waals surface area contributed by atoms with Gasteiger partial charge in [0, 0.05) is 22.0 Å². The van der Waals surface area contributed by atoms with Gasteiger partial charge in [-0.1, -0.05) is 48.5 Å². The van der Waals surface area contributed by atoms with Gasteiger partial charge in [0.05, 0.1) is 11.0 Å². The van der Waals surface area contributed by atoms with Crippen LogP contribution in [0.5, 0.6) is 0 Å². The van der Waals surface area contributed by atoms with Crippen LogP contribution < -0.4 is 5.73 Å². The third-order valence-corrected chi connectivity index (χ3v) is 3.79. The van der Waals surface area contributed by atoms with E-state index in [1.807, 2.05) is 24.3 Å². The zero-order chi connectivity index (χ0) is 14.2. The second-order valence-corrected chi connectivity index (χ2v) is 5.14. The van der Waals surface area contributed by atoms with Crippen molar-refractivity contribution in [1.82, 2.24) is 4.98 Å². The molecule has 0 spiro atoms. The summed E-state index contributed by atoms with van der Waals surface area (Å²) in [5, 5.41) is 2.34. The van der Waals surface area contributed by atoms with Gasteiger partial charge in [-0.15, -0.1) is 0 Å². The van der Waals surface area contributed by atoms with E-state index in [4.69, 9.17) is 10.7 Å². The molecule has 2 heteroatoms. The van der Waals surface area contributed by atoms with Crippen LogP contribution in [0.15, 0.2) is 72.8 Å². The third-order valence-electron chi connectivity index (χ3n) is 3.79. The van der Waals surface area contributed by atoms with Gasteiger partial charge >= 0.3 is 0 Å². The topological polar surface area (TPSA) is 38.9 Å². The van der Waals surface area contributed by atoms with E-state index in [9.17, 15) is 0 Å². The summed E-state index contributed by atoms with van der Waals surface area (Å²) in [5.74, 6) is 0. The maximum Gasteiger partial charge on any atom is 0.0715 e. The second-order valence-electron chi connectivity index (χ2n) is 5.14. The molecule has 0 aliphatic carbocycles. The first-order valence-electron chi connectivity index (χ1n) is 6.96. The first kappa shape index (κ1) is 11.9. The number of pyridine rings is 1. The highest BCUT2D eigenvalue weighted by molar-refractivity contribution is 6.09. The summed E-state index contributed by atoms with van der Waals surface area (Å²) >= 11 is 0. The Morgan fingerprint density at radius 1 is 0.619 bits per heavy atom. The van der Waals surface area contributed by atoms with Gasteiger partial charge in [0.2, 0.25) is 0 Å². The van der Waals surface area contributed by atoms with Crippen LogP contribution in [0.25, 0.3) is 32.9 Å². The number of fused-ring (bicyclic) bond motifs is 2. The fourth-order valence-corrected chi connectivity index (χ4v) is 2.80. The quantitative estimate of drug-likeness (QED) is 0.404. The van der Waals surface area contributed by atoms with Gasteiger partial charge in [-0.25, -0.2) is 4.98 Å². The number of nitrogen functional groups attached to an aromatic ring is 1. The summed E-state index contributed by atoms with van der Waals surface area (Å²) in [6, 6.07) is 24.6. The average Bonchev–Trinajstić information content (AvgIpc) is 2.53. The molecular weight excluding hydrogens is 256 g/mol. The number of para-hydroxylation sites is 2. The molecule has 4 rings (SSSR count). The fourth-order valence-electron chi connectivity index (χ4n) is 2.80. The molecule has 1 aromatic heterocycles. The van der Waals surface area contributed by atoms with Gasteiger partial charge < -0.3 is 5.73 Å². The summed E-state index contributed by atoms with van der Waals surface area (Å²) in [4.78, 5) is 4.76. The average molecular weight is 270 g/mol. The lowest BCUT2D eigenvalue weighted by atomic mass is 9.96. The number of nitrogens with two attached hydrogens (primary N) is 1. The van der Waals surface area contributed by atoms with E-state index >= 15 is 0 Å². The third kappa shape index (κ3) is 1.93. The van der Waals surface area contributed by atoms with Crippen molar-refractivity contribution in [2.24, 2.45) is 0 Å². The van der Waals surface area contributed by atoms with E-state index in [0.717, 1.165) is 16.7 Å². The van der Waals surface area contributed by atoms with Crippen LogP contribution in [0, 0.1) is 0 Å². The largest absolute Gasteiger partial charge is 0.399 e. The zero-order valence-electron chi connectivity index (χ0n) is 11.5. The van der Waals surface area contributed by atoms with E-state index in [-0.39, 0.29) is 0 Å². The Morgan fingerprint density at radius 3 is 1.71 bits per heavy atom.